The zero-order valence-electron chi connectivity index (χ0n) is 49.4. The number of phenols is 2. The molecule has 4 aromatic carbocycles. The van der Waals surface area contributed by atoms with Gasteiger partial charge in [0, 0.05) is 82.1 Å². The number of aromatic hydroxyl groups is 2. The Labute approximate surface area is 497 Å². The van der Waals surface area contributed by atoms with E-state index < -0.39 is 79.8 Å². The molecule has 0 aliphatic carbocycles. The Morgan fingerprint density at radius 2 is 1.21 bits per heavy atom. The number of para-hydroxylation sites is 2. The number of pyridine rings is 2. The highest BCUT2D eigenvalue weighted by Crippen LogP contribution is 2.35. The summed E-state index contributed by atoms with van der Waals surface area (Å²) >= 11 is 0. The number of carbonyl (C=O) groups excluding carboxylic acids is 2. The molecule has 0 radical (unpaired) electrons. The number of rotatable bonds is 20. The van der Waals surface area contributed by atoms with E-state index >= 15 is 0 Å². The number of hydrogen-bond acceptors (Lipinski definition) is 20. The number of benzene rings is 4. The first-order valence-corrected chi connectivity index (χ1v) is 29.0. The minimum Gasteiger partial charge on any atom is -0.507 e. The van der Waals surface area contributed by atoms with Crippen LogP contribution in [0, 0.1) is 13.8 Å². The van der Waals surface area contributed by atoms with Crippen LogP contribution in [0.4, 0.5) is 11.6 Å². The standard InChI is InChI=1S/C39H52N6O12.C23H27N5O/c1-6-7-12-25-44-26-28(22-10-8-9-11-23(22)43-36(26)40)45(25)16-20-13-18(2)29(48)21(14-20)15-41-37(52)35-34(53-4)31(50)32(51)39(57-35)56-33-27(42-19(3)47)38(54-5)55-24(17-46)30(33)49;1-3-4-9-19-27-20-21(17-7-5-6-8-18(17)26-23(20)25)28(19)13-15-10-14(2)22(29)16(11-15)12-24/h8-11,13-14,24,27,30-35,38-39,46,48-51H,6-7,12,15-17H2,1-5H3,(H2,40,43)(H,41,52)(H,42,47);5-8,10-11,29H,3-4,9,12-13,24H2,1-2H3,(H2,25,26). The van der Waals surface area contributed by atoms with Crippen molar-refractivity contribution in [2.75, 3.05) is 32.3 Å². The number of fused-ring (bicyclic) bond motifs is 6. The summed E-state index contributed by atoms with van der Waals surface area (Å²) in [4.78, 5) is 44.8. The number of hydrogen-bond donors (Lipinski definition) is 11. The predicted octanol–water partition coefficient (Wildman–Crippen LogP) is 4.29. The summed E-state index contributed by atoms with van der Waals surface area (Å²) in [5.41, 5.74) is 27.8. The first kappa shape index (κ1) is 62.9. The Hall–Kier alpha value is -7.62. The van der Waals surface area contributed by atoms with E-state index in [2.05, 4.69) is 49.6 Å². The Bertz CT molecular complexity index is 3730. The maximum absolute atomic E-state index is 13.8. The van der Waals surface area contributed by atoms with E-state index in [4.69, 9.17) is 50.9 Å². The van der Waals surface area contributed by atoms with Crippen LogP contribution in [0.25, 0.3) is 43.9 Å². The van der Waals surface area contributed by atoms with Crippen molar-refractivity contribution in [3.8, 4) is 11.5 Å². The minimum atomic E-state index is -1.78. The van der Waals surface area contributed by atoms with Crippen LogP contribution in [0.2, 0.25) is 0 Å². The maximum Gasteiger partial charge on any atom is 0.252 e. The van der Waals surface area contributed by atoms with E-state index in [-0.39, 0.29) is 18.0 Å². The minimum absolute atomic E-state index is 0.0344. The summed E-state index contributed by atoms with van der Waals surface area (Å²) in [6.07, 6.45) is -7.91. The molecule has 0 bridgehead atoms. The Balaban J connectivity index is 0.000000254. The van der Waals surface area contributed by atoms with Gasteiger partial charge < -0.3 is 91.3 Å². The van der Waals surface area contributed by atoms with Crippen molar-refractivity contribution in [2.45, 2.75) is 161 Å². The van der Waals surface area contributed by atoms with Crippen molar-refractivity contribution in [3.05, 3.63) is 118 Å². The summed E-state index contributed by atoms with van der Waals surface area (Å²) in [5, 5.41) is 71.7. The lowest BCUT2D eigenvalue weighted by Crippen LogP contribution is -2.68. The van der Waals surface area contributed by atoms with Gasteiger partial charge in [-0.2, -0.15) is 0 Å². The summed E-state index contributed by atoms with van der Waals surface area (Å²) in [7, 11) is 2.52. The molecule has 0 spiro atoms. The number of nitrogens with two attached hydrogens (primary N) is 3. The number of nitrogen functional groups attached to an aromatic ring is 2. The number of ether oxygens (including phenoxy) is 5. The van der Waals surface area contributed by atoms with Gasteiger partial charge in [-0.15, -0.1) is 0 Å². The third-order valence-electron chi connectivity index (χ3n) is 15.9. The Morgan fingerprint density at radius 3 is 1.70 bits per heavy atom. The average Bonchev–Trinajstić information content (AvgIpc) is 1.70. The van der Waals surface area contributed by atoms with Crippen LogP contribution in [0.15, 0.2) is 72.8 Å². The van der Waals surface area contributed by atoms with E-state index in [0.29, 0.717) is 54.3 Å². The quantitative estimate of drug-likeness (QED) is 0.0507. The number of carbonyl (C=O) groups is 2. The molecule has 2 aliphatic heterocycles. The monoisotopic (exact) mass is 1190 g/mol. The molecular weight excluding hydrogens is 1110 g/mol. The summed E-state index contributed by atoms with van der Waals surface area (Å²) in [5.74, 6) is 1.59. The third-order valence-corrected chi connectivity index (χ3v) is 15.9. The molecule has 86 heavy (non-hydrogen) atoms. The number of aromatic nitrogens is 6. The Kier molecular flexibility index (Phi) is 20.0. The van der Waals surface area contributed by atoms with Crippen LogP contribution in [0.3, 0.4) is 0 Å². The number of methoxy groups -OCH3 is 2. The number of anilines is 2. The van der Waals surface area contributed by atoms with E-state index in [1.807, 2.05) is 67.6 Å². The van der Waals surface area contributed by atoms with E-state index in [0.717, 1.165) is 104 Å². The van der Waals surface area contributed by atoms with Gasteiger partial charge in [0.25, 0.3) is 5.91 Å². The fraction of sp³-hybridized carbons (Fsp3) is 0.452. The van der Waals surface area contributed by atoms with Gasteiger partial charge >= 0.3 is 0 Å². The zero-order valence-corrected chi connectivity index (χ0v) is 49.4. The molecule has 0 saturated carbocycles. The molecule has 4 aromatic heterocycles. The van der Waals surface area contributed by atoms with Gasteiger partial charge in [-0.05, 0) is 73.2 Å². The topological polar surface area (TPSA) is 365 Å². The second kappa shape index (κ2) is 27.4. The number of imidazole rings is 2. The number of aliphatic hydroxyl groups is 4. The van der Waals surface area contributed by atoms with Crippen molar-refractivity contribution < 1.29 is 63.9 Å². The SMILES string of the molecule is CCCCc1nc2c(N)nc3ccccc3c2n1Cc1cc(C)c(O)c(CN)c1.CCCCc1nc2c(N)nc3ccccc3c2n1Cc1cc(C)c(O)c(CNC(=O)C2OC(OC3C(O)C(CO)OC(OC)C3NC(C)=O)C(O)C(O)C2OC)c1. The van der Waals surface area contributed by atoms with Gasteiger partial charge in [0.1, 0.15) is 76.8 Å². The number of phenolic OH excluding ortho intramolecular Hbond substituents is 2. The predicted molar refractivity (Wildman–Crippen MR) is 322 cm³/mol. The second-order valence-electron chi connectivity index (χ2n) is 22.0. The average molecular weight is 1190 g/mol. The van der Waals surface area contributed by atoms with Crippen LogP contribution < -0.4 is 27.8 Å². The summed E-state index contributed by atoms with van der Waals surface area (Å²) < 4.78 is 32.6. The molecular formula is C62H79N11O13. The van der Waals surface area contributed by atoms with Gasteiger partial charge in [0.2, 0.25) is 5.91 Å². The third kappa shape index (κ3) is 12.9. The molecule has 14 N–H and O–H groups in total. The molecule has 460 valence electrons. The van der Waals surface area contributed by atoms with E-state index in [1.165, 1.54) is 21.1 Å². The number of unbranched alkanes of at least 4 members (excludes halogenated alkanes) is 2. The Morgan fingerprint density at radius 1 is 0.686 bits per heavy atom. The molecule has 10 rings (SSSR count). The molecule has 24 nitrogen and oxygen atoms in total. The molecule has 2 aliphatic rings. The molecule has 10 atom stereocenters. The van der Waals surface area contributed by atoms with Gasteiger partial charge in [-0.3, -0.25) is 9.59 Å². The van der Waals surface area contributed by atoms with Gasteiger partial charge in [0.05, 0.1) is 28.7 Å². The van der Waals surface area contributed by atoms with Crippen LogP contribution in [-0.4, -0.2) is 154 Å². The lowest BCUT2D eigenvalue weighted by molar-refractivity contribution is -0.338. The number of amides is 2. The molecule has 6 heterocycles. The zero-order chi connectivity index (χ0) is 61.7. The largest absolute Gasteiger partial charge is 0.507 e. The number of aryl methyl sites for hydroxylation is 4. The van der Waals surface area contributed by atoms with Crippen LogP contribution >= 0.6 is 0 Å². The summed E-state index contributed by atoms with van der Waals surface area (Å²) in [6, 6.07) is 22.2. The van der Waals surface area contributed by atoms with Crippen LogP contribution in [-0.2, 0) is 72.3 Å². The first-order chi connectivity index (χ1) is 41.3. The van der Waals surface area contributed by atoms with Crippen molar-refractivity contribution in [2.24, 2.45) is 5.73 Å². The molecule has 10 unspecified atom stereocenters. The maximum atomic E-state index is 13.8. The fourth-order valence-corrected chi connectivity index (χ4v) is 11.6. The number of nitrogens with zero attached hydrogens (tertiary/aromatic N) is 6. The molecule has 8 aromatic rings. The summed E-state index contributed by atoms with van der Waals surface area (Å²) in [6.45, 7) is 9.67. The van der Waals surface area contributed by atoms with Crippen molar-refractivity contribution in [3.63, 3.8) is 0 Å². The molecule has 2 amide bonds. The van der Waals surface area contributed by atoms with Crippen LogP contribution in [0.5, 0.6) is 11.5 Å². The number of aliphatic hydroxyl groups excluding tert-OH is 4. The van der Waals surface area contributed by atoms with Crippen LogP contribution in [0.1, 0.15) is 91.5 Å². The molecule has 2 fully saturated rings. The highest BCUT2D eigenvalue weighted by molar-refractivity contribution is 6.07. The van der Waals surface area contributed by atoms with Gasteiger partial charge in [-0.1, -0.05) is 75.2 Å². The number of nitrogens with one attached hydrogen (secondary N) is 2. The van der Waals surface area contributed by atoms with Crippen molar-refractivity contribution in [1.82, 2.24) is 39.7 Å². The van der Waals surface area contributed by atoms with Gasteiger partial charge in [-0.25, -0.2) is 19.9 Å². The van der Waals surface area contributed by atoms with E-state index in [9.17, 15) is 40.2 Å². The van der Waals surface area contributed by atoms with E-state index in [1.54, 1.807) is 13.0 Å². The van der Waals surface area contributed by atoms with Crippen molar-refractivity contribution >= 4 is 67.3 Å². The first-order valence-electron chi connectivity index (χ1n) is 29.0. The second-order valence-corrected chi connectivity index (χ2v) is 22.0. The fourth-order valence-electron chi connectivity index (χ4n) is 11.6. The van der Waals surface area contributed by atoms with Gasteiger partial charge in [0.15, 0.2) is 30.3 Å². The highest BCUT2D eigenvalue weighted by Gasteiger charge is 2.53. The highest BCUT2D eigenvalue weighted by atomic mass is 16.7. The lowest BCUT2D eigenvalue weighted by Gasteiger charge is -2.47. The lowest BCUT2D eigenvalue weighted by atomic mass is 9.95. The smallest absolute Gasteiger partial charge is 0.252 e. The normalized spacial score (nSPS) is 22.3. The molecule has 24 heteroatoms. The molecule has 2 saturated heterocycles. The van der Waals surface area contributed by atoms with Crippen molar-refractivity contribution in [1.29, 1.82) is 0 Å².